The fourth-order valence-corrected chi connectivity index (χ4v) is 3.47. The summed E-state index contributed by atoms with van der Waals surface area (Å²) in [4.78, 5) is 17.5. The SMILES string of the molecule is CCCn1cc(CN=C(NC(=O)c2ccc(C)cc2)Nc2ccc3c(c2)OCCO3)c(C)n1. The van der Waals surface area contributed by atoms with Gasteiger partial charge in [-0.25, -0.2) is 4.99 Å². The maximum atomic E-state index is 12.9. The number of benzene rings is 2. The Morgan fingerprint density at radius 3 is 2.61 bits per heavy atom. The Hall–Kier alpha value is -3.81. The highest BCUT2D eigenvalue weighted by Gasteiger charge is 2.14. The molecule has 0 aliphatic carbocycles. The van der Waals surface area contributed by atoms with Crippen LogP contribution in [0.3, 0.4) is 0 Å². The van der Waals surface area contributed by atoms with Crippen molar-refractivity contribution in [3.8, 4) is 11.5 Å². The number of aryl methyl sites for hydroxylation is 3. The largest absolute Gasteiger partial charge is 0.486 e. The minimum Gasteiger partial charge on any atom is -0.486 e. The Balaban J connectivity index is 1.56. The second-order valence-corrected chi connectivity index (χ2v) is 7.97. The zero-order chi connectivity index (χ0) is 23.2. The van der Waals surface area contributed by atoms with Gasteiger partial charge in [0.05, 0.1) is 12.2 Å². The third-order valence-corrected chi connectivity index (χ3v) is 5.26. The molecule has 2 N–H and O–H groups in total. The summed E-state index contributed by atoms with van der Waals surface area (Å²) in [5.41, 5.74) is 4.32. The van der Waals surface area contributed by atoms with Gasteiger partial charge in [0.2, 0.25) is 5.96 Å². The number of rotatable bonds is 6. The summed E-state index contributed by atoms with van der Waals surface area (Å²) in [5, 5.41) is 10.7. The van der Waals surface area contributed by atoms with Gasteiger partial charge in [-0.3, -0.25) is 14.8 Å². The van der Waals surface area contributed by atoms with Gasteiger partial charge in [-0.15, -0.1) is 0 Å². The van der Waals surface area contributed by atoms with Crippen molar-refractivity contribution >= 4 is 17.6 Å². The van der Waals surface area contributed by atoms with Crippen molar-refractivity contribution in [2.45, 2.75) is 40.3 Å². The lowest BCUT2D eigenvalue weighted by Crippen LogP contribution is -2.36. The number of nitrogens with one attached hydrogen (secondary N) is 2. The van der Waals surface area contributed by atoms with Crippen molar-refractivity contribution in [2.75, 3.05) is 18.5 Å². The van der Waals surface area contributed by atoms with Crippen molar-refractivity contribution in [1.82, 2.24) is 15.1 Å². The van der Waals surface area contributed by atoms with E-state index in [1.807, 2.05) is 55.1 Å². The summed E-state index contributed by atoms with van der Waals surface area (Å²) >= 11 is 0. The van der Waals surface area contributed by atoms with Crippen LogP contribution in [0.4, 0.5) is 5.69 Å². The molecule has 3 aromatic rings. The van der Waals surface area contributed by atoms with Gasteiger partial charge in [0.15, 0.2) is 11.5 Å². The molecule has 8 nitrogen and oxygen atoms in total. The quantitative estimate of drug-likeness (QED) is 0.439. The predicted octanol–water partition coefficient (Wildman–Crippen LogP) is 4.08. The molecule has 0 saturated heterocycles. The van der Waals surface area contributed by atoms with Gasteiger partial charge in [0.25, 0.3) is 5.91 Å². The van der Waals surface area contributed by atoms with E-state index in [2.05, 4.69) is 27.6 Å². The molecule has 1 aliphatic rings. The number of nitrogens with zero attached hydrogens (tertiary/aromatic N) is 3. The first-order valence-corrected chi connectivity index (χ1v) is 11.1. The highest BCUT2D eigenvalue weighted by Crippen LogP contribution is 2.32. The van der Waals surface area contributed by atoms with Crippen LogP contribution in [0.1, 0.15) is 40.5 Å². The van der Waals surface area contributed by atoms with Crippen LogP contribution in [0.25, 0.3) is 0 Å². The number of hydrogen-bond acceptors (Lipinski definition) is 5. The van der Waals surface area contributed by atoms with Crippen LogP contribution in [0.2, 0.25) is 0 Å². The van der Waals surface area contributed by atoms with Crippen LogP contribution in [-0.4, -0.2) is 34.9 Å². The van der Waals surface area contributed by atoms with E-state index in [0.29, 0.717) is 42.8 Å². The number of amides is 1. The molecule has 4 rings (SSSR count). The van der Waals surface area contributed by atoms with Gasteiger partial charge in [0.1, 0.15) is 13.2 Å². The summed E-state index contributed by atoms with van der Waals surface area (Å²) in [6.07, 6.45) is 3.01. The van der Waals surface area contributed by atoms with Gasteiger partial charge < -0.3 is 14.8 Å². The van der Waals surface area contributed by atoms with E-state index < -0.39 is 0 Å². The number of fused-ring (bicyclic) bond motifs is 1. The molecule has 0 atom stereocenters. The fraction of sp³-hybridized carbons (Fsp3) is 0.320. The molecule has 0 spiro atoms. The average molecular weight is 448 g/mol. The van der Waals surface area contributed by atoms with E-state index in [9.17, 15) is 4.79 Å². The zero-order valence-electron chi connectivity index (χ0n) is 19.2. The lowest BCUT2D eigenvalue weighted by Gasteiger charge is -2.19. The van der Waals surface area contributed by atoms with Crippen LogP contribution in [0.15, 0.2) is 53.7 Å². The fourth-order valence-electron chi connectivity index (χ4n) is 3.47. The molecule has 1 aliphatic heterocycles. The Bertz CT molecular complexity index is 1150. The van der Waals surface area contributed by atoms with Gasteiger partial charge in [0, 0.05) is 35.6 Å². The molecule has 1 amide bonds. The van der Waals surface area contributed by atoms with E-state index in [0.717, 1.165) is 35.5 Å². The highest BCUT2D eigenvalue weighted by atomic mass is 16.6. The second kappa shape index (κ2) is 10.2. The number of aromatic nitrogens is 2. The molecule has 0 bridgehead atoms. The molecular formula is C25H29N5O3. The Kier molecular flexibility index (Phi) is 6.92. The van der Waals surface area contributed by atoms with E-state index in [4.69, 9.17) is 9.47 Å². The lowest BCUT2D eigenvalue weighted by atomic mass is 10.1. The second-order valence-electron chi connectivity index (χ2n) is 7.97. The topological polar surface area (TPSA) is 89.8 Å². The number of ether oxygens (including phenoxy) is 2. The number of carbonyl (C=O) groups excluding carboxylic acids is 1. The van der Waals surface area contributed by atoms with Gasteiger partial charge in [-0.2, -0.15) is 5.10 Å². The van der Waals surface area contributed by atoms with Gasteiger partial charge >= 0.3 is 0 Å². The van der Waals surface area contributed by atoms with Crippen molar-refractivity contribution in [3.63, 3.8) is 0 Å². The molecule has 33 heavy (non-hydrogen) atoms. The Morgan fingerprint density at radius 1 is 1.09 bits per heavy atom. The number of aliphatic imine (C=N–C) groups is 1. The van der Waals surface area contributed by atoms with Crippen molar-refractivity contribution in [3.05, 3.63) is 71.0 Å². The summed E-state index contributed by atoms with van der Waals surface area (Å²) < 4.78 is 13.2. The first kappa shape index (κ1) is 22.4. The standard InChI is InChI=1S/C25H29N5O3/c1-4-11-30-16-20(18(3)29-30)15-26-25(28-24(31)19-7-5-17(2)6-8-19)27-21-9-10-22-23(14-21)33-13-12-32-22/h5-10,14,16H,4,11-13,15H2,1-3H3,(H2,26,27,28,31). The number of guanidine groups is 1. The molecule has 8 heteroatoms. The van der Waals surface area contributed by atoms with E-state index in [1.165, 1.54) is 0 Å². The van der Waals surface area contributed by atoms with Crippen molar-refractivity contribution < 1.29 is 14.3 Å². The van der Waals surface area contributed by atoms with Crippen LogP contribution in [0.5, 0.6) is 11.5 Å². The number of anilines is 1. The molecular weight excluding hydrogens is 418 g/mol. The molecule has 0 saturated carbocycles. The van der Waals surface area contributed by atoms with Gasteiger partial charge in [-0.1, -0.05) is 24.6 Å². The van der Waals surface area contributed by atoms with Crippen LogP contribution in [-0.2, 0) is 13.1 Å². The lowest BCUT2D eigenvalue weighted by molar-refractivity contribution is 0.0977. The summed E-state index contributed by atoms with van der Waals surface area (Å²) in [6, 6.07) is 13.0. The van der Waals surface area contributed by atoms with Crippen LogP contribution in [0, 0.1) is 13.8 Å². The smallest absolute Gasteiger partial charge is 0.257 e. The van der Waals surface area contributed by atoms with E-state index >= 15 is 0 Å². The molecule has 2 aromatic carbocycles. The number of carbonyl (C=O) groups is 1. The summed E-state index contributed by atoms with van der Waals surface area (Å²) in [5.74, 6) is 1.47. The van der Waals surface area contributed by atoms with Crippen LogP contribution >= 0.6 is 0 Å². The van der Waals surface area contributed by atoms with E-state index in [1.54, 1.807) is 12.1 Å². The molecule has 0 unspecified atom stereocenters. The van der Waals surface area contributed by atoms with Crippen LogP contribution < -0.4 is 20.1 Å². The molecule has 172 valence electrons. The molecule has 1 aromatic heterocycles. The Morgan fingerprint density at radius 2 is 1.85 bits per heavy atom. The minimum absolute atomic E-state index is 0.239. The maximum absolute atomic E-state index is 12.9. The first-order valence-electron chi connectivity index (χ1n) is 11.1. The normalized spacial score (nSPS) is 13.0. The third kappa shape index (κ3) is 5.71. The average Bonchev–Trinajstić information content (AvgIpc) is 3.17. The molecule has 0 fully saturated rings. The number of hydrogen-bond donors (Lipinski definition) is 2. The highest BCUT2D eigenvalue weighted by molar-refractivity contribution is 6.10. The van der Waals surface area contributed by atoms with E-state index in [-0.39, 0.29) is 5.91 Å². The summed E-state index contributed by atoms with van der Waals surface area (Å²) in [7, 11) is 0. The molecule has 0 radical (unpaired) electrons. The Labute approximate surface area is 193 Å². The first-order chi connectivity index (χ1) is 16.0. The zero-order valence-corrected chi connectivity index (χ0v) is 19.2. The molecule has 2 heterocycles. The minimum atomic E-state index is -0.239. The summed E-state index contributed by atoms with van der Waals surface area (Å²) in [6.45, 7) is 8.35. The van der Waals surface area contributed by atoms with Crippen molar-refractivity contribution in [1.29, 1.82) is 0 Å². The van der Waals surface area contributed by atoms with Gasteiger partial charge in [-0.05, 0) is 44.5 Å². The predicted molar refractivity (Wildman–Crippen MR) is 128 cm³/mol. The maximum Gasteiger partial charge on any atom is 0.257 e. The third-order valence-electron chi connectivity index (χ3n) is 5.26. The van der Waals surface area contributed by atoms with Crippen molar-refractivity contribution in [2.24, 2.45) is 4.99 Å². The monoisotopic (exact) mass is 447 g/mol.